The molecule has 3 fully saturated rings. The molecule has 1 aromatic carbocycles. The number of alkyl halides is 2. The number of pyridine rings is 1. The molecule has 180 valence electrons. The van der Waals surface area contributed by atoms with Crippen molar-refractivity contribution >= 4 is 45.0 Å². The van der Waals surface area contributed by atoms with Crippen molar-refractivity contribution in [3.63, 3.8) is 0 Å². The summed E-state index contributed by atoms with van der Waals surface area (Å²) in [5.74, 6) is 3.75. The minimum atomic E-state index is -2.60. The van der Waals surface area contributed by atoms with Gasteiger partial charge in [-0.15, -0.1) is 0 Å². The van der Waals surface area contributed by atoms with Crippen LogP contribution in [0.5, 0.6) is 0 Å². The van der Waals surface area contributed by atoms with E-state index >= 15 is 0 Å². The van der Waals surface area contributed by atoms with Gasteiger partial charge >= 0.3 is 0 Å². The summed E-state index contributed by atoms with van der Waals surface area (Å²) in [6.45, 7) is 2.61. The Kier molecular flexibility index (Phi) is 6.31. The second-order valence-electron chi connectivity index (χ2n) is 9.62. The highest BCUT2D eigenvalue weighted by atomic mass is 79.9. The number of aromatic nitrogens is 1. The van der Waals surface area contributed by atoms with E-state index in [2.05, 4.69) is 37.0 Å². The molecule has 0 amide bonds. The fourth-order valence-corrected chi connectivity index (χ4v) is 5.21. The van der Waals surface area contributed by atoms with Crippen molar-refractivity contribution in [3.8, 4) is 0 Å². The van der Waals surface area contributed by atoms with E-state index in [1.807, 2.05) is 35.2 Å². The molecule has 0 atom stereocenters. The summed E-state index contributed by atoms with van der Waals surface area (Å²) in [5, 5.41) is 3.91. The number of nitrogens with zero attached hydrogens (tertiary/aromatic N) is 5. The molecule has 5 rings (SSSR count). The third kappa shape index (κ3) is 5.09. The molecule has 2 saturated heterocycles. The summed E-state index contributed by atoms with van der Waals surface area (Å²) in [5.41, 5.74) is 3.55. The number of halogens is 3. The number of piperidine rings is 2. The quantitative estimate of drug-likeness (QED) is 0.313. The van der Waals surface area contributed by atoms with Gasteiger partial charge in [-0.3, -0.25) is 4.99 Å². The van der Waals surface area contributed by atoms with Gasteiger partial charge in [0.15, 0.2) is 0 Å². The molecule has 1 aliphatic carbocycles. The van der Waals surface area contributed by atoms with Gasteiger partial charge < -0.3 is 15.6 Å². The second-order valence-corrected chi connectivity index (χ2v) is 10.5. The molecule has 0 radical (unpaired) electrons. The van der Waals surface area contributed by atoms with E-state index in [9.17, 15) is 8.78 Å². The van der Waals surface area contributed by atoms with E-state index in [4.69, 9.17) is 10.8 Å². The molecule has 0 unspecified atom stereocenters. The van der Waals surface area contributed by atoms with E-state index in [0.717, 1.165) is 28.9 Å². The van der Waals surface area contributed by atoms with Crippen LogP contribution in [0.4, 0.5) is 26.0 Å². The highest BCUT2D eigenvalue weighted by Gasteiger charge is 2.44. The Morgan fingerprint density at radius 1 is 0.971 bits per heavy atom. The van der Waals surface area contributed by atoms with E-state index in [0.29, 0.717) is 22.6 Å². The van der Waals surface area contributed by atoms with Crippen LogP contribution in [-0.2, 0) is 0 Å². The molecular weight excluding hydrogens is 502 g/mol. The van der Waals surface area contributed by atoms with Crippen molar-refractivity contribution in [2.24, 2.45) is 21.4 Å². The van der Waals surface area contributed by atoms with Gasteiger partial charge in [-0.1, -0.05) is 22.0 Å². The topological polar surface area (TPSA) is 70.1 Å². The van der Waals surface area contributed by atoms with Gasteiger partial charge in [0.1, 0.15) is 11.5 Å². The van der Waals surface area contributed by atoms with Gasteiger partial charge in [0.05, 0.1) is 23.3 Å². The smallest absolute Gasteiger partial charge is 0.251 e. The van der Waals surface area contributed by atoms with Crippen LogP contribution in [-0.4, -0.2) is 49.0 Å². The van der Waals surface area contributed by atoms with Gasteiger partial charge in [-0.05, 0) is 61.4 Å². The number of rotatable bonds is 5. The maximum absolute atomic E-state index is 13.5. The van der Waals surface area contributed by atoms with Crippen LogP contribution in [0, 0.1) is 5.41 Å². The zero-order valence-electron chi connectivity index (χ0n) is 19.1. The van der Waals surface area contributed by atoms with Crippen LogP contribution in [0.3, 0.4) is 0 Å². The molecule has 2 aliphatic heterocycles. The molecule has 1 aromatic heterocycles. The van der Waals surface area contributed by atoms with Crippen LogP contribution in [0.15, 0.2) is 51.0 Å². The molecular formula is C25H29BrF2N6. The van der Waals surface area contributed by atoms with E-state index in [1.165, 1.54) is 25.7 Å². The van der Waals surface area contributed by atoms with E-state index in [-0.39, 0.29) is 25.9 Å². The molecule has 3 aliphatic rings. The molecule has 2 N–H and O–H groups in total. The molecule has 2 aromatic rings. The lowest BCUT2D eigenvalue weighted by molar-refractivity contribution is -0.0221. The number of hydrogen-bond donors (Lipinski definition) is 1. The summed E-state index contributed by atoms with van der Waals surface area (Å²) in [6.07, 6.45) is 6.51. The molecule has 1 saturated carbocycles. The first-order valence-electron chi connectivity index (χ1n) is 11.8. The zero-order valence-corrected chi connectivity index (χ0v) is 20.6. The molecule has 0 bridgehead atoms. The predicted molar refractivity (Wildman–Crippen MR) is 137 cm³/mol. The van der Waals surface area contributed by atoms with Crippen LogP contribution in [0.25, 0.3) is 0 Å². The Bertz CT molecular complexity index is 1090. The SMILES string of the molecule is N/N=C(\C=Nc1ccc(Br)cc1N1CCC2(CC1)CC2)c1cccc(N2CCC(F)(F)CC2)n1. The summed E-state index contributed by atoms with van der Waals surface area (Å²) in [4.78, 5) is 13.7. The monoisotopic (exact) mass is 530 g/mol. The lowest BCUT2D eigenvalue weighted by Crippen LogP contribution is -2.39. The number of aliphatic imine (C=N–C) groups is 1. The minimum absolute atomic E-state index is 0.165. The van der Waals surface area contributed by atoms with Gasteiger partial charge in [0, 0.05) is 43.5 Å². The third-order valence-corrected chi connectivity index (χ3v) is 7.83. The minimum Gasteiger partial charge on any atom is -0.370 e. The van der Waals surface area contributed by atoms with Crippen LogP contribution in [0.2, 0.25) is 0 Å². The Morgan fingerprint density at radius 2 is 1.68 bits per heavy atom. The standard InChI is InChI=1S/C25H29BrF2N6/c26-18-4-5-20(22(16-18)33-12-8-24(6-7-24)9-13-33)30-17-21(32-29)19-2-1-3-23(31-19)34-14-10-25(27,28)11-15-34/h1-5,16-17H,6-15,29H2/b30-17?,32-21+. The first kappa shape index (κ1) is 23.2. The zero-order chi connectivity index (χ0) is 23.8. The summed E-state index contributed by atoms with van der Waals surface area (Å²) < 4.78 is 28.1. The number of hydrazone groups is 1. The van der Waals surface area contributed by atoms with Crippen molar-refractivity contribution in [3.05, 3.63) is 46.6 Å². The lowest BCUT2D eigenvalue weighted by Gasteiger charge is -2.34. The molecule has 34 heavy (non-hydrogen) atoms. The maximum Gasteiger partial charge on any atom is 0.251 e. The normalized spacial score (nSPS) is 21.9. The average molecular weight is 531 g/mol. The largest absolute Gasteiger partial charge is 0.370 e. The van der Waals surface area contributed by atoms with Crippen molar-refractivity contribution < 1.29 is 8.78 Å². The number of anilines is 2. The summed E-state index contributed by atoms with van der Waals surface area (Å²) >= 11 is 3.60. The van der Waals surface area contributed by atoms with Gasteiger partial charge in [0.2, 0.25) is 0 Å². The fraction of sp³-hybridized carbons (Fsp3) is 0.480. The Balaban J connectivity index is 1.34. The summed E-state index contributed by atoms with van der Waals surface area (Å²) in [7, 11) is 0. The Morgan fingerprint density at radius 3 is 2.35 bits per heavy atom. The van der Waals surface area contributed by atoms with Crippen molar-refractivity contribution in [2.75, 3.05) is 36.0 Å². The van der Waals surface area contributed by atoms with Crippen LogP contribution < -0.4 is 15.6 Å². The molecule has 1 spiro atoms. The first-order valence-corrected chi connectivity index (χ1v) is 12.6. The highest BCUT2D eigenvalue weighted by Crippen LogP contribution is 2.54. The van der Waals surface area contributed by atoms with Crippen molar-refractivity contribution in [1.82, 2.24) is 4.98 Å². The van der Waals surface area contributed by atoms with E-state index in [1.54, 1.807) is 6.21 Å². The third-order valence-electron chi connectivity index (χ3n) is 7.34. The Hall–Kier alpha value is -2.55. The van der Waals surface area contributed by atoms with Crippen molar-refractivity contribution in [2.45, 2.75) is 44.4 Å². The van der Waals surface area contributed by atoms with Gasteiger partial charge in [-0.2, -0.15) is 5.10 Å². The van der Waals surface area contributed by atoms with Crippen LogP contribution in [0.1, 0.15) is 44.2 Å². The maximum atomic E-state index is 13.5. The summed E-state index contributed by atoms with van der Waals surface area (Å²) in [6, 6.07) is 11.6. The van der Waals surface area contributed by atoms with Crippen molar-refractivity contribution in [1.29, 1.82) is 0 Å². The fourth-order valence-electron chi connectivity index (χ4n) is 4.86. The van der Waals surface area contributed by atoms with E-state index < -0.39 is 5.92 Å². The average Bonchev–Trinajstić information content (AvgIpc) is 3.59. The van der Waals surface area contributed by atoms with Gasteiger partial charge in [-0.25, -0.2) is 13.8 Å². The number of hydrogen-bond acceptors (Lipinski definition) is 6. The first-order chi connectivity index (χ1) is 16.4. The molecule has 3 heterocycles. The number of nitrogens with two attached hydrogens (primary N) is 1. The molecule has 9 heteroatoms. The number of benzene rings is 1. The lowest BCUT2D eigenvalue weighted by atomic mass is 9.93. The second kappa shape index (κ2) is 9.24. The van der Waals surface area contributed by atoms with Crippen LogP contribution >= 0.6 is 15.9 Å². The van der Waals surface area contributed by atoms with Gasteiger partial charge in [0.25, 0.3) is 5.92 Å². The predicted octanol–water partition coefficient (Wildman–Crippen LogP) is 5.53. The Labute approximate surface area is 207 Å². The molecule has 6 nitrogen and oxygen atoms in total. The highest BCUT2D eigenvalue weighted by molar-refractivity contribution is 9.10.